The van der Waals surface area contributed by atoms with Gasteiger partial charge in [-0.25, -0.2) is 9.78 Å². The van der Waals surface area contributed by atoms with Crippen LogP contribution in [-0.4, -0.2) is 45.1 Å². The van der Waals surface area contributed by atoms with Crippen LogP contribution in [0.25, 0.3) is 0 Å². The molecule has 0 saturated heterocycles. The molecular formula is C15H24N4O3. The summed E-state index contributed by atoms with van der Waals surface area (Å²) in [5, 5.41) is 2.61. The molecule has 2 rings (SSSR count). The van der Waals surface area contributed by atoms with Crippen molar-refractivity contribution in [1.29, 1.82) is 0 Å². The fraction of sp³-hybridized carbons (Fsp3) is 0.667. The molecule has 0 bridgehead atoms. The number of fused-ring (bicyclic) bond motifs is 1. The Morgan fingerprint density at radius 1 is 1.41 bits per heavy atom. The number of carbonyl (C=O) groups excluding carboxylic acids is 2. The van der Waals surface area contributed by atoms with Crippen LogP contribution in [0.2, 0.25) is 0 Å². The second-order valence-electron chi connectivity index (χ2n) is 6.49. The van der Waals surface area contributed by atoms with Crippen LogP contribution >= 0.6 is 0 Å². The lowest BCUT2D eigenvalue weighted by Gasteiger charge is -2.27. The van der Waals surface area contributed by atoms with Crippen molar-refractivity contribution < 1.29 is 14.3 Å². The third kappa shape index (κ3) is 4.22. The summed E-state index contributed by atoms with van der Waals surface area (Å²) >= 11 is 0. The first kappa shape index (κ1) is 16.3. The van der Waals surface area contributed by atoms with Crippen molar-refractivity contribution in [3.63, 3.8) is 0 Å². The van der Waals surface area contributed by atoms with Crippen molar-refractivity contribution in [3.8, 4) is 0 Å². The smallest absolute Gasteiger partial charge is 0.407 e. The van der Waals surface area contributed by atoms with Crippen molar-refractivity contribution in [2.45, 2.75) is 45.8 Å². The lowest BCUT2D eigenvalue weighted by molar-refractivity contribution is -0.132. The van der Waals surface area contributed by atoms with Crippen LogP contribution in [-0.2, 0) is 29.5 Å². The van der Waals surface area contributed by atoms with E-state index in [2.05, 4.69) is 10.3 Å². The largest absolute Gasteiger partial charge is 0.444 e. The fourth-order valence-corrected chi connectivity index (χ4v) is 2.37. The molecule has 122 valence electrons. The Hall–Kier alpha value is -2.05. The van der Waals surface area contributed by atoms with Gasteiger partial charge in [0.05, 0.1) is 24.3 Å². The molecule has 0 atom stereocenters. The molecule has 0 saturated carbocycles. The minimum atomic E-state index is -0.531. The minimum Gasteiger partial charge on any atom is -0.444 e. The maximum absolute atomic E-state index is 12.2. The number of aromatic nitrogens is 2. The SMILES string of the molecule is Cn1cnc2c1CN(C(=O)CCNC(=O)OC(C)(C)C)CC2. The molecule has 0 unspecified atom stereocenters. The van der Waals surface area contributed by atoms with Crippen molar-refractivity contribution >= 4 is 12.0 Å². The molecule has 22 heavy (non-hydrogen) atoms. The van der Waals surface area contributed by atoms with E-state index in [1.54, 1.807) is 32.0 Å². The van der Waals surface area contributed by atoms with E-state index in [0.29, 0.717) is 13.1 Å². The molecule has 0 aliphatic carbocycles. The van der Waals surface area contributed by atoms with Gasteiger partial charge < -0.3 is 19.5 Å². The van der Waals surface area contributed by atoms with E-state index in [1.165, 1.54) is 0 Å². The normalized spacial score (nSPS) is 14.5. The molecule has 0 fully saturated rings. The van der Waals surface area contributed by atoms with Gasteiger partial charge in [-0.2, -0.15) is 0 Å². The summed E-state index contributed by atoms with van der Waals surface area (Å²) in [6.45, 7) is 6.94. The number of alkyl carbamates (subject to hydrolysis) is 1. The lowest BCUT2D eigenvalue weighted by atomic mass is 10.1. The van der Waals surface area contributed by atoms with Crippen LogP contribution < -0.4 is 5.32 Å². The summed E-state index contributed by atoms with van der Waals surface area (Å²) in [7, 11) is 1.93. The second kappa shape index (κ2) is 6.37. The van der Waals surface area contributed by atoms with E-state index in [-0.39, 0.29) is 18.9 Å². The molecule has 1 aliphatic heterocycles. The molecule has 2 amide bonds. The van der Waals surface area contributed by atoms with Crippen molar-refractivity contribution in [2.24, 2.45) is 7.05 Å². The first-order chi connectivity index (χ1) is 10.3. The number of ether oxygens (including phenoxy) is 1. The molecular weight excluding hydrogens is 284 g/mol. The topological polar surface area (TPSA) is 76.5 Å². The summed E-state index contributed by atoms with van der Waals surface area (Å²) in [6.07, 6.45) is 2.34. The third-order valence-corrected chi connectivity index (χ3v) is 3.46. The standard InChI is InChI=1S/C15H24N4O3/c1-15(2,3)22-14(21)16-7-5-13(20)19-8-6-11-12(9-19)18(4)10-17-11/h10H,5-9H2,1-4H3,(H,16,21). The third-order valence-electron chi connectivity index (χ3n) is 3.46. The highest BCUT2D eigenvalue weighted by molar-refractivity contribution is 5.77. The van der Waals surface area contributed by atoms with E-state index in [1.807, 2.05) is 11.6 Å². The van der Waals surface area contributed by atoms with Gasteiger partial charge in [-0.05, 0) is 20.8 Å². The maximum atomic E-state index is 12.2. The average molecular weight is 308 g/mol. The second-order valence-corrected chi connectivity index (χ2v) is 6.49. The molecule has 1 N–H and O–H groups in total. The molecule has 7 heteroatoms. The van der Waals surface area contributed by atoms with Crippen LogP contribution in [0.4, 0.5) is 4.79 Å². The van der Waals surface area contributed by atoms with E-state index < -0.39 is 11.7 Å². The number of imidazole rings is 1. The van der Waals surface area contributed by atoms with E-state index >= 15 is 0 Å². The predicted octanol–water partition coefficient (Wildman–Crippen LogP) is 1.22. The zero-order valence-electron chi connectivity index (χ0n) is 13.7. The number of nitrogens with zero attached hydrogens (tertiary/aromatic N) is 3. The molecule has 0 spiro atoms. The Morgan fingerprint density at radius 3 is 2.82 bits per heavy atom. The van der Waals surface area contributed by atoms with Crippen LogP contribution in [0.5, 0.6) is 0 Å². The van der Waals surface area contributed by atoms with Crippen LogP contribution in [0.3, 0.4) is 0 Å². The minimum absolute atomic E-state index is 0.0305. The van der Waals surface area contributed by atoms with Crippen molar-refractivity contribution in [1.82, 2.24) is 19.8 Å². The lowest BCUT2D eigenvalue weighted by Crippen LogP contribution is -2.39. The first-order valence-electron chi connectivity index (χ1n) is 7.50. The zero-order valence-corrected chi connectivity index (χ0v) is 13.7. The molecule has 0 radical (unpaired) electrons. The molecule has 2 heterocycles. The van der Waals surface area contributed by atoms with Gasteiger partial charge in [-0.3, -0.25) is 4.79 Å². The van der Waals surface area contributed by atoms with Crippen LogP contribution in [0.1, 0.15) is 38.6 Å². The van der Waals surface area contributed by atoms with Gasteiger partial charge in [0, 0.05) is 33.0 Å². The molecule has 1 aromatic heterocycles. The van der Waals surface area contributed by atoms with Crippen molar-refractivity contribution in [2.75, 3.05) is 13.1 Å². The fourth-order valence-electron chi connectivity index (χ4n) is 2.37. The number of hydrogen-bond acceptors (Lipinski definition) is 4. The highest BCUT2D eigenvalue weighted by Gasteiger charge is 2.23. The summed E-state index contributed by atoms with van der Waals surface area (Å²) < 4.78 is 7.08. The monoisotopic (exact) mass is 308 g/mol. The summed E-state index contributed by atoms with van der Waals surface area (Å²) in [4.78, 5) is 29.9. The number of aryl methyl sites for hydroxylation is 1. The number of amides is 2. The van der Waals surface area contributed by atoms with Crippen LogP contribution in [0.15, 0.2) is 6.33 Å². The Kier molecular flexibility index (Phi) is 4.73. The Balaban J connectivity index is 1.77. The Labute approximate surface area is 130 Å². The number of rotatable bonds is 3. The highest BCUT2D eigenvalue weighted by Crippen LogP contribution is 2.17. The highest BCUT2D eigenvalue weighted by atomic mass is 16.6. The van der Waals surface area contributed by atoms with Gasteiger partial charge in [0.15, 0.2) is 0 Å². The quantitative estimate of drug-likeness (QED) is 0.911. The number of hydrogen-bond donors (Lipinski definition) is 1. The first-order valence-corrected chi connectivity index (χ1v) is 7.50. The molecule has 0 aromatic carbocycles. The summed E-state index contributed by atoms with van der Waals surface area (Å²) in [5.74, 6) is 0.0305. The molecule has 1 aliphatic rings. The summed E-state index contributed by atoms with van der Waals surface area (Å²) in [6, 6.07) is 0. The Bertz CT molecular complexity index is 560. The zero-order chi connectivity index (χ0) is 16.3. The average Bonchev–Trinajstić information content (AvgIpc) is 2.78. The maximum Gasteiger partial charge on any atom is 0.407 e. The van der Waals surface area contributed by atoms with Gasteiger partial charge in [0.2, 0.25) is 5.91 Å². The van der Waals surface area contributed by atoms with Crippen LogP contribution in [0, 0.1) is 0 Å². The van der Waals surface area contributed by atoms with Gasteiger partial charge in [0.25, 0.3) is 0 Å². The molecule has 1 aromatic rings. The van der Waals surface area contributed by atoms with Crippen molar-refractivity contribution in [3.05, 3.63) is 17.7 Å². The Morgan fingerprint density at radius 2 is 2.14 bits per heavy atom. The number of carbonyl (C=O) groups is 2. The van der Waals surface area contributed by atoms with E-state index in [9.17, 15) is 9.59 Å². The van der Waals surface area contributed by atoms with E-state index in [0.717, 1.165) is 17.8 Å². The number of nitrogens with one attached hydrogen (secondary N) is 1. The van der Waals surface area contributed by atoms with Gasteiger partial charge in [-0.15, -0.1) is 0 Å². The van der Waals surface area contributed by atoms with Gasteiger partial charge >= 0.3 is 6.09 Å². The van der Waals surface area contributed by atoms with Gasteiger partial charge in [-0.1, -0.05) is 0 Å². The predicted molar refractivity (Wildman–Crippen MR) is 81.2 cm³/mol. The van der Waals surface area contributed by atoms with Gasteiger partial charge in [0.1, 0.15) is 5.60 Å². The van der Waals surface area contributed by atoms with E-state index in [4.69, 9.17) is 4.74 Å². The molecule has 7 nitrogen and oxygen atoms in total. The summed E-state index contributed by atoms with van der Waals surface area (Å²) in [5.41, 5.74) is 1.62.